The average Bonchev–Trinajstić information content (AvgIpc) is 2.46. The summed E-state index contributed by atoms with van der Waals surface area (Å²) in [6.45, 7) is -1.69. The van der Waals surface area contributed by atoms with Crippen LogP contribution in [-0.4, -0.2) is 43.6 Å². The summed E-state index contributed by atoms with van der Waals surface area (Å²) in [7, 11) is 1.90. The molecule has 0 bridgehead atoms. The van der Waals surface area contributed by atoms with Crippen molar-refractivity contribution in [1.82, 2.24) is 10.2 Å². The summed E-state index contributed by atoms with van der Waals surface area (Å²) < 4.78 is 29.1. The molecule has 2 rings (SSSR count). The molecule has 0 spiro atoms. The molecule has 1 aliphatic rings. The standard InChI is InChI=1S/C14H18F2N2O2/c1-17-10-6-8-18(9-7-10)13(19)11-4-2-3-5-12(11)20-14(15)16/h2-5,10,14,17H,6-9H2,1H3. The summed E-state index contributed by atoms with van der Waals surface area (Å²) in [5, 5.41) is 3.18. The number of amides is 1. The first-order valence-corrected chi connectivity index (χ1v) is 6.62. The fourth-order valence-corrected chi connectivity index (χ4v) is 2.38. The SMILES string of the molecule is CNC1CCN(C(=O)c2ccccc2OC(F)F)CC1. The molecule has 1 aromatic rings. The van der Waals surface area contributed by atoms with Crippen LogP contribution in [0.2, 0.25) is 0 Å². The summed E-state index contributed by atoms with van der Waals surface area (Å²) in [4.78, 5) is 14.1. The van der Waals surface area contributed by atoms with Gasteiger partial charge in [-0.15, -0.1) is 0 Å². The lowest BCUT2D eigenvalue weighted by Crippen LogP contribution is -2.44. The maximum Gasteiger partial charge on any atom is 0.387 e. The van der Waals surface area contributed by atoms with Crippen LogP contribution in [0.15, 0.2) is 24.3 Å². The summed E-state index contributed by atoms with van der Waals surface area (Å²) in [5.74, 6) is -0.320. The number of rotatable bonds is 4. The van der Waals surface area contributed by atoms with E-state index in [-0.39, 0.29) is 17.2 Å². The molecule has 1 aromatic carbocycles. The summed E-state index contributed by atoms with van der Waals surface area (Å²) in [5.41, 5.74) is 0.190. The second-order valence-corrected chi connectivity index (χ2v) is 4.73. The predicted octanol–water partition coefficient (Wildman–Crippen LogP) is 2.11. The molecule has 1 heterocycles. The zero-order chi connectivity index (χ0) is 14.5. The Balaban J connectivity index is 2.09. The highest BCUT2D eigenvalue weighted by molar-refractivity contribution is 5.97. The fourth-order valence-electron chi connectivity index (χ4n) is 2.38. The molecule has 0 unspecified atom stereocenters. The monoisotopic (exact) mass is 284 g/mol. The van der Waals surface area contributed by atoms with E-state index >= 15 is 0 Å². The first-order chi connectivity index (χ1) is 9.61. The normalized spacial score (nSPS) is 16.5. The first-order valence-electron chi connectivity index (χ1n) is 6.62. The lowest BCUT2D eigenvalue weighted by atomic mass is 10.0. The van der Waals surface area contributed by atoms with Crippen molar-refractivity contribution in [2.45, 2.75) is 25.5 Å². The molecule has 20 heavy (non-hydrogen) atoms. The molecule has 0 radical (unpaired) electrons. The molecule has 0 saturated carbocycles. The molecule has 1 N–H and O–H groups in total. The van der Waals surface area contributed by atoms with E-state index in [0.717, 1.165) is 12.8 Å². The molecular weight excluding hydrogens is 266 g/mol. The molecule has 1 fully saturated rings. The van der Waals surface area contributed by atoms with E-state index in [0.29, 0.717) is 19.1 Å². The number of benzene rings is 1. The van der Waals surface area contributed by atoms with Crippen molar-refractivity contribution in [3.8, 4) is 5.75 Å². The molecule has 6 heteroatoms. The maximum atomic E-state index is 12.4. The van der Waals surface area contributed by atoms with Gasteiger partial charge in [0.25, 0.3) is 5.91 Å². The Morgan fingerprint density at radius 1 is 1.35 bits per heavy atom. The second kappa shape index (κ2) is 6.65. The van der Waals surface area contributed by atoms with E-state index in [2.05, 4.69) is 10.1 Å². The lowest BCUT2D eigenvalue weighted by Gasteiger charge is -2.32. The largest absolute Gasteiger partial charge is 0.434 e. The quantitative estimate of drug-likeness (QED) is 0.920. The number of ether oxygens (including phenoxy) is 1. The Labute approximate surface area is 116 Å². The van der Waals surface area contributed by atoms with Crippen LogP contribution in [0, 0.1) is 0 Å². The third-order valence-corrected chi connectivity index (χ3v) is 3.52. The number of para-hydroxylation sites is 1. The van der Waals surface area contributed by atoms with Gasteiger partial charge in [0.1, 0.15) is 5.75 Å². The van der Waals surface area contributed by atoms with Crippen LogP contribution >= 0.6 is 0 Å². The van der Waals surface area contributed by atoms with E-state index in [1.54, 1.807) is 17.0 Å². The Morgan fingerprint density at radius 2 is 2.00 bits per heavy atom. The molecule has 4 nitrogen and oxygen atoms in total. The van der Waals surface area contributed by atoms with Gasteiger partial charge in [0, 0.05) is 19.1 Å². The number of nitrogens with zero attached hydrogens (tertiary/aromatic N) is 1. The number of hydrogen-bond acceptors (Lipinski definition) is 3. The second-order valence-electron chi connectivity index (χ2n) is 4.73. The van der Waals surface area contributed by atoms with Crippen molar-refractivity contribution in [3.05, 3.63) is 29.8 Å². The van der Waals surface area contributed by atoms with Crippen LogP contribution in [0.3, 0.4) is 0 Å². The zero-order valence-corrected chi connectivity index (χ0v) is 11.3. The van der Waals surface area contributed by atoms with Gasteiger partial charge in [-0.3, -0.25) is 4.79 Å². The van der Waals surface area contributed by atoms with Gasteiger partial charge < -0.3 is 15.0 Å². The van der Waals surface area contributed by atoms with Gasteiger partial charge in [0.05, 0.1) is 5.56 Å². The van der Waals surface area contributed by atoms with Crippen molar-refractivity contribution < 1.29 is 18.3 Å². The van der Waals surface area contributed by atoms with E-state index < -0.39 is 6.61 Å². The zero-order valence-electron chi connectivity index (χ0n) is 11.3. The van der Waals surface area contributed by atoms with Crippen molar-refractivity contribution >= 4 is 5.91 Å². The summed E-state index contributed by atoms with van der Waals surface area (Å²) in [6, 6.07) is 6.53. The third-order valence-electron chi connectivity index (χ3n) is 3.52. The smallest absolute Gasteiger partial charge is 0.387 e. The molecule has 0 aromatic heterocycles. The van der Waals surface area contributed by atoms with Crippen LogP contribution < -0.4 is 10.1 Å². The number of alkyl halides is 2. The van der Waals surface area contributed by atoms with Crippen LogP contribution in [0.25, 0.3) is 0 Å². The number of carbonyl (C=O) groups is 1. The van der Waals surface area contributed by atoms with Gasteiger partial charge in [0.2, 0.25) is 0 Å². The maximum absolute atomic E-state index is 12.4. The Kier molecular flexibility index (Phi) is 4.89. The number of likely N-dealkylation sites (tertiary alicyclic amines) is 1. The molecule has 0 aliphatic carbocycles. The Hall–Kier alpha value is -1.69. The lowest BCUT2D eigenvalue weighted by molar-refractivity contribution is -0.0503. The van der Waals surface area contributed by atoms with Crippen LogP contribution in [-0.2, 0) is 0 Å². The number of hydrogen-bond donors (Lipinski definition) is 1. The van der Waals surface area contributed by atoms with Gasteiger partial charge in [-0.1, -0.05) is 12.1 Å². The van der Waals surface area contributed by atoms with Crippen LogP contribution in [0.1, 0.15) is 23.2 Å². The van der Waals surface area contributed by atoms with Crippen molar-refractivity contribution in [2.75, 3.05) is 20.1 Å². The average molecular weight is 284 g/mol. The Morgan fingerprint density at radius 3 is 2.60 bits per heavy atom. The van der Waals surface area contributed by atoms with Crippen molar-refractivity contribution in [3.63, 3.8) is 0 Å². The van der Waals surface area contributed by atoms with Crippen LogP contribution in [0.4, 0.5) is 8.78 Å². The number of carbonyl (C=O) groups excluding carboxylic acids is 1. The summed E-state index contributed by atoms with van der Waals surface area (Å²) in [6.07, 6.45) is 1.72. The van der Waals surface area contributed by atoms with E-state index in [1.165, 1.54) is 12.1 Å². The van der Waals surface area contributed by atoms with E-state index in [9.17, 15) is 13.6 Å². The Bertz CT molecular complexity index is 460. The third kappa shape index (κ3) is 3.45. The van der Waals surface area contributed by atoms with Gasteiger partial charge >= 0.3 is 6.61 Å². The predicted molar refractivity (Wildman–Crippen MR) is 71.1 cm³/mol. The van der Waals surface area contributed by atoms with E-state index in [4.69, 9.17) is 0 Å². The topological polar surface area (TPSA) is 41.6 Å². The molecule has 1 amide bonds. The van der Waals surface area contributed by atoms with Gasteiger partial charge in [-0.25, -0.2) is 0 Å². The fraction of sp³-hybridized carbons (Fsp3) is 0.500. The number of nitrogens with one attached hydrogen (secondary N) is 1. The minimum Gasteiger partial charge on any atom is -0.434 e. The summed E-state index contributed by atoms with van der Waals surface area (Å²) >= 11 is 0. The number of halogens is 2. The minimum absolute atomic E-state index is 0.0664. The molecular formula is C14H18F2N2O2. The molecule has 110 valence electrons. The highest BCUT2D eigenvalue weighted by Crippen LogP contribution is 2.23. The van der Waals surface area contributed by atoms with Crippen LogP contribution in [0.5, 0.6) is 5.75 Å². The highest BCUT2D eigenvalue weighted by Gasteiger charge is 2.25. The number of piperidine rings is 1. The minimum atomic E-state index is -2.93. The molecule has 0 atom stereocenters. The molecule has 1 saturated heterocycles. The van der Waals surface area contributed by atoms with Crippen molar-refractivity contribution in [1.29, 1.82) is 0 Å². The highest BCUT2D eigenvalue weighted by atomic mass is 19.3. The van der Waals surface area contributed by atoms with Gasteiger partial charge in [-0.05, 0) is 32.0 Å². The van der Waals surface area contributed by atoms with Gasteiger partial charge in [-0.2, -0.15) is 8.78 Å². The first kappa shape index (κ1) is 14.7. The molecule has 1 aliphatic heterocycles. The van der Waals surface area contributed by atoms with E-state index in [1.807, 2.05) is 7.05 Å². The van der Waals surface area contributed by atoms with Crippen molar-refractivity contribution in [2.24, 2.45) is 0 Å². The van der Waals surface area contributed by atoms with Gasteiger partial charge in [0.15, 0.2) is 0 Å².